The lowest BCUT2D eigenvalue weighted by Crippen LogP contribution is -2.39. The maximum absolute atomic E-state index is 13.2. The van der Waals surface area contributed by atoms with Crippen LogP contribution in [0.3, 0.4) is 0 Å². The average Bonchev–Trinajstić information content (AvgIpc) is 3.51. The van der Waals surface area contributed by atoms with Crippen LogP contribution in [0.15, 0.2) is 48.7 Å². The van der Waals surface area contributed by atoms with Crippen LogP contribution in [0, 0.1) is 0 Å². The topological polar surface area (TPSA) is 63.8 Å². The number of benzene rings is 2. The van der Waals surface area contributed by atoms with E-state index in [1.54, 1.807) is 0 Å². The van der Waals surface area contributed by atoms with Crippen molar-refractivity contribution in [2.75, 3.05) is 19.9 Å². The molecular weight excluding hydrogens is 368 g/mol. The number of carbonyl (C=O) groups excluding carboxylic acids is 1. The molecule has 29 heavy (non-hydrogen) atoms. The van der Waals surface area contributed by atoms with E-state index < -0.39 is 0 Å². The molecule has 0 saturated carbocycles. The van der Waals surface area contributed by atoms with Gasteiger partial charge in [0.25, 0.3) is 5.91 Å². The molecule has 6 nitrogen and oxygen atoms in total. The Balaban J connectivity index is 1.38. The zero-order valence-electron chi connectivity index (χ0n) is 16.2. The smallest absolute Gasteiger partial charge is 0.252 e. The van der Waals surface area contributed by atoms with Gasteiger partial charge in [-0.25, -0.2) is 0 Å². The fourth-order valence-corrected chi connectivity index (χ4v) is 4.16. The van der Waals surface area contributed by atoms with Gasteiger partial charge < -0.3 is 24.1 Å². The summed E-state index contributed by atoms with van der Waals surface area (Å²) in [7, 11) is 0. The van der Waals surface area contributed by atoms with Crippen molar-refractivity contribution < 1.29 is 19.0 Å². The Labute approximate surface area is 169 Å². The highest BCUT2D eigenvalue weighted by Gasteiger charge is 2.29. The third-order valence-electron chi connectivity index (χ3n) is 5.68. The molecule has 1 fully saturated rings. The van der Waals surface area contributed by atoms with Crippen molar-refractivity contribution in [2.24, 2.45) is 0 Å². The molecule has 1 N–H and O–H groups in total. The molecular formula is C23H24N2O4. The van der Waals surface area contributed by atoms with Gasteiger partial charge in [-0.15, -0.1) is 0 Å². The Morgan fingerprint density at radius 1 is 1.10 bits per heavy atom. The Morgan fingerprint density at radius 3 is 2.93 bits per heavy atom. The zero-order chi connectivity index (χ0) is 19.6. The van der Waals surface area contributed by atoms with Gasteiger partial charge in [-0.3, -0.25) is 4.79 Å². The molecule has 6 heteroatoms. The van der Waals surface area contributed by atoms with E-state index in [0.29, 0.717) is 19.7 Å². The predicted octanol–water partition coefficient (Wildman–Crippen LogP) is 3.65. The van der Waals surface area contributed by atoms with Gasteiger partial charge in [0, 0.05) is 42.4 Å². The summed E-state index contributed by atoms with van der Waals surface area (Å²) in [6.45, 7) is 1.98. The maximum Gasteiger partial charge on any atom is 0.252 e. The van der Waals surface area contributed by atoms with E-state index in [0.717, 1.165) is 41.8 Å². The zero-order valence-corrected chi connectivity index (χ0v) is 16.2. The van der Waals surface area contributed by atoms with Crippen LogP contribution >= 0.6 is 0 Å². The van der Waals surface area contributed by atoms with Gasteiger partial charge >= 0.3 is 0 Å². The molecule has 3 heterocycles. The number of aromatic nitrogens is 1. The molecule has 1 amide bonds. The molecule has 0 radical (unpaired) electrons. The number of para-hydroxylation sites is 2. The van der Waals surface area contributed by atoms with E-state index >= 15 is 0 Å². The molecule has 0 bridgehead atoms. The minimum Gasteiger partial charge on any atom is -0.454 e. The standard InChI is InChI=1S/C23H24N2O4/c26-23(21-9-4-12-27-21)25(14-17-5-3-8-20-22(17)29-15-28-20)11-10-16-13-24-19-7-2-1-6-18(16)19/h1-3,5-8,13,21,24H,4,9-12,14-15H2/t21-/m1/s1. The first-order chi connectivity index (χ1) is 14.3. The number of hydrogen-bond acceptors (Lipinski definition) is 4. The molecule has 2 aliphatic heterocycles. The SMILES string of the molecule is O=C([C@H]1CCCO1)N(CCc1c[nH]c2ccccc12)Cc1cccc2c1OCO2. The van der Waals surface area contributed by atoms with E-state index in [1.165, 1.54) is 10.9 Å². The van der Waals surface area contributed by atoms with Crippen molar-refractivity contribution >= 4 is 16.8 Å². The van der Waals surface area contributed by atoms with Crippen LogP contribution in [0.2, 0.25) is 0 Å². The highest BCUT2D eigenvalue weighted by Crippen LogP contribution is 2.36. The van der Waals surface area contributed by atoms with Crippen LogP contribution in [0.4, 0.5) is 0 Å². The summed E-state index contributed by atoms with van der Waals surface area (Å²) >= 11 is 0. The molecule has 1 aromatic heterocycles. The predicted molar refractivity (Wildman–Crippen MR) is 109 cm³/mol. The fraction of sp³-hybridized carbons (Fsp3) is 0.348. The molecule has 0 aliphatic carbocycles. The van der Waals surface area contributed by atoms with E-state index in [-0.39, 0.29) is 18.8 Å². The van der Waals surface area contributed by atoms with Crippen molar-refractivity contribution in [1.82, 2.24) is 9.88 Å². The number of H-pyrrole nitrogens is 1. The van der Waals surface area contributed by atoms with Crippen LogP contribution < -0.4 is 9.47 Å². The molecule has 1 atom stereocenters. The number of nitrogens with zero attached hydrogens (tertiary/aromatic N) is 1. The highest BCUT2D eigenvalue weighted by atomic mass is 16.7. The normalized spacial score (nSPS) is 17.7. The van der Waals surface area contributed by atoms with Gasteiger partial charge in [-0.1, -0.05) is 30.3 Å². The average molecular weight is 392 g/mol. The molecule has 1 saturated heterocycles. The Bertz CT molecular complexity index is 1020. The van der Waals surface area contributed by atoms with Gasteiger partial charge in [0.2, 0.25) is 6.79 Å². The lowest BCUT2D eigenvalue weighted by Gasteiger charge is -2.26. The number of amides is 1. The Morgan fingerprint density at radius 2 is 2.03 bits per heavy atom. The Kier molecular flexibility index (Phi) is 4.86. The fourth-order valence-electron chi connectivity index (χ4n) is 4.16. The second-order valence-electron chi connectivity index (χ2n) is 7.52. The Hall–Kier alpha value is -2.99. The van der Waals surface area contributed by atoms with Crippen molar-refractivity contribution in [1.29, 1.82) is 0 Å². The van der Waals surface area contributed by atoms with Gasteiger partial charge in [0.1, 0.15) is 6.10 Å². The number of ether oxygens (including phenoxy) is 3. The lowest BCUT2D eigenvalue weighted by molar-refractivity contribution is -0.141. The van der Waals surface area contributed by atoms with Crippen molar-refractivity contribution in [3.8, 4) is 11.5 Å². The number of fused-ring (bicyclic) bond motifs is 2. The van der Waals surface area contributed by atoms with Crippen LogP contribution in [0.25, 0.3) is 10.9 Å². The second kappa shape index (κ2) is 7.79. The minimum atomic E-state index is -0.341. The van der Waals surface area contributed by atoms with Gasteiger partial charge in [-0.05, 0) is 37.0 Å². The summed E-state index contributed by atoms with van der Waals surface area (Å²) in [5.74, 6) is 1.53. The first kappa shape index (κ1) is 18.1. The van der Waals surface area contributed by atoms with Crippen LogP contribution in [0.1, 0.15) is 24.0 Å². The third kappa shape index (κ3) is 3.56. The van der Waals surface area contributed by atoms with Crippen LogP contribution in [-0.2, 0) is 22.5 Å². The monoisotopic (exact) mass is 392 g/mol. The number of nitrogens with one attached hydrogen (secondary N) is 1. The first-order valence-electron chi connectivity index (χ1n) is 10.1. The molecule has 150 valence electrons. The molecule has 0 spiro atoms. The van der Waals surface area contributed by atoms with E-state index in [1.807, 2.05) is 41.4 Å². The third-order valence-corrected chi connectivity index (χ3v) is 5.68. The maximum atomic E-state index is 13.2. The summed E-state index contributed by atoms with van der Waals surface area (Å²) in [6.07, 6.45) is 4.19. The molecule has 2 aliphatic rings. The van der Waals surface area contributed by atoms with E-state index in [2.05, 4.69) is 17.1 Å². The summed E-state index contributed by atoms with van der Waals surface area (Å²) in [4.78, 5) is 18.4. The quantitative estimate of drug-likeness (QED) is 0.696. The lowest BCUT2D eigenvalue weighted by atomic mass is 10.1. The summed E-state index contributed by atoms with van der Waals surface area (Å²) < 4.78 is 16.8. The summed E-state index contributed by atoms with van der Waals surface area (Å²) in [5.41, 5.74) is 3.29. The minimum absolute atomic E-state index is 0.0545. The molecule has 0 unspecified atom stereocenters. The largest absolute Gasteiger partial charge is 0.454 e. The molecule has 5 rings (SSSR count). The van der Waals surface area contributed by atoms with Gasteiger partial charge in [0.05, 0.1) is 0 Å². The second-order valence-corrected chi connectivity index (χ2v) is 7.52. The summed E-state index contributed by atoms with van der Waals surface area (Å²) in [6, 6.07) is 14.1. The first-order valence-corrected chi connectivity index (χ1v) is 10.1. The molecule has 3 aromatic rings. The molecule has 2 aromatic carbocycles. The van der Waals surface area contributed by atoms with Gasteiger partial charge in [0.15, 0.2) is 11.5 Å². The van der Waals surface area contributed by atoms with Gasteiger partial charge in [-0.2, -0.15) is 0 Å². The summed E-state index contributed by atoms with van der Waals surface area (Å²) in [5, 5.41) is 1.20. The van der Waals surface area contributed by atoms with E-state index in [4.69, 9.17) is 14.2 Å². The van der Waals surface area contributed by atoms with Crippen LogP contribution in [0.5, 0.6) is 11.5 Å². The number of rotatable bonds is 6. The number of hydrogen-bond donors (Lipinski definition) is 1. The van der Waals surface area contributed by atoms with Crippen molar-refractivity contribution in [3.63, 3.8) is 0 Å². The van der Waals surface area contributed by atoms with Crippen LogP contribution in [-0.4, -0.2) is 41.8 Å². The van der Waals surface area contributed by atoms with Crippen molar-refractivity contribution in [2.45, 2.75) is 31.9 Å². The van der Waals surface area contributed by atoms with E-state index in [9.17, 15) is 4.79 Å². The number of aromatic amines is 1. The number of carbonyl (C=O) groups is 1. The van der Waals surface area contributed by atoms with Crippen molar-refractivity contribution in [3.05, 3.63) is 59.8 Å². The highest BCUT2D eigenvalue weighted by molar-refractivity contribution is 5.83.